The second-order valence-electron chi connectivity index (χ2n) is 12.1. The number of halogens is 2. The van der Waals surface area contributed by atoms with E-state index in [1.807, 2.05) is 42.5 Å². The van der Waals surface area contributed by atoms with E-state index in [0.717, 1.165) is 29.2 Å². The van der Waals surface area contributed by atoms with Gasteiger partial charge in [0.2, 0.25) is 11.8 Å². The summed E-state index contributed by atoms with van der Waals surface area (Å²) in [4.78, 5) is 53.9. The Morgan fingerprint density at radius 3 is 2.18 bits per heavy atom. The maximum absolute atomic E-state index is 13.7. The highest BCUT2D eigenvalue weighted by Gasteiger charge is 2.39. The maximum atomic E-state index is 13.7. The fourth-order valence-corrected chi connectivity index (χ4v) is 7.19. The van der Waals surface area contributed by atoms with Gasteiger partial charge in [-0.15, -0.1) is 0 Å². The summed E-state index contributed by atoms with van der Waals surface area (Å²) >= 11 is 12.2. The lowest BCUT2D eigenvalue weighted by Crippen LogP contribution is -2.52. The second-order valence-corrected chi connectivity index (χ2v) is 12.9. The van der Waals surface area contributed by atoms with Crippen molar-refractivity contribution in [1.29, 1.82) is 0 Å². The molecule has 0 aromatic heterocycles. The van der Waals surface area contributed by atoms with Crippen molar-refractivity contribution in [3.8, 4) is 0 Å². The van der Waals surface area contributed by atoms with Gasteiger partial charge in [0.25, 0.3) is 5.91 Å². The summed E-state index contributed by atoms with van der Waals surface area (Å²) in [6, 6.07) is 15.6. The van der Waals surface area contributed by atoms with Gasteiger partial charge < -0.3 is 20.6 Å². The Morgan fingerprint density at radius 2 is 1.50 bits per heavy atom. The molecule has 2 aliphatic rings. The molecule has 5 rings (SSSR count). The van der Waals surface area contributed by atoms with Crippen molar-refractivity contribution < 1.29 is 24.3 Å². The lowest BCUT2D eigenvalue weighted by Gasteiger charge is -2.40. The molecule has 1 spiro atoms. The number of fused-ring (bicyclic) bond motifs is 1. The van der Waals surface area contributed by atoms with E-state index in [4.69, 9.17) is 23.2 Å². The first-order valence-corrected chi connectivity index (χ1v) is 15.9. The van der Waals surface area contributed by atoms with E-state index >= 15 is 0 Å². The number of carbonyl (C=O) groups excluding carboxylic acids is 3. The summed E-state index contributed by atoms with van der Waals surface area (Å²) in [6.07, 6.45) is 6.65. The minimum atomic E-state index is -1.16. The van der Waals surface area contributed by atoms with Crippen molar-refractivity contribution in [2.75, 3.05) is 13.1 Å². The first kappa shape index (κ1) is 31.8. The van der Waals surface area contributed by atoms with Crippen LogP contribution in [0, 0.1) is 5.41 Å². The van der Waals surface area contributed by atoms with Crippen LogP contribution >= 0.6 is 23.2 Å². The minimum absolute atomic E-state index is 0.00690. The summed E-state index contributed by atoms with van der Waals surface area (Å²) in [6.45, 7) is 1.21. The van der Waals surface area contributed by atoms with Crippen molar-refractivity contribution in [2.45, 2.75) is 69.9 Å². The SMILES string of the molecule is O=C(CCC(NC(=O)c1cc(Cl)cc(Cl)c1)C(=O)N1CCC2(CCCC2)CC1)NC(Cc1cccc2ccccc12)C(=O)O. The van der Waals surface area contributed by atoms with E-state index in [2.05, 4.69) is 10.6 Å². The Hall–Kier alpha value is -3.62. The van der Waals surface area contributed by atoms with Crippen LogP contribution in [0.1, 0.15) is 67.3 Å². The molecule has 1 aliphatic heterocycles. The van der Waals surface area contributed by atoms with Crippen LogP contribution in [0.3, 0.4) is 0 Å². The molecule has 1 heterocycles. The van der Waals surface area contributed by atoms with Crippen molar-refractivity contribution in [3.05, 3.63) is 81.8 Å². The zero-order valence-electron chi connectivity index (χ0n) is 24.5. The van der Waals surface area contributed by atoms with Gasteiger partial charge in [-0.3, -0.25) is 14.4 Å². The van der Waals surface area contributed by atoms with E-state index in [0.29, 0.717) is 18.5 Å². The third kappa shape index (κ3) is 7.71. The summed E-state index contributed by atoms with van der Waals surface area (Å²) in [5.41, 5.74) is 1.32. The molecule has 2 unspecified atom stereocenters. The third-order valence-corrected chi connectivity index (χ3v) is 9.56. The number of benzene rings is 3. The standard InChI is InChI=1S/C34H37Cl2N3O5/c35-25-18-24(19-26(36)21-25)31(41)38-28(32(42)39-16-14-34(15-17-39)12-3-4-13-34)10-11-30(40)37-29(33(43)44)20-23-8-5-7-22-6-1-2-9-27(22)23/h1-2,5-9,18-19,21,28-29H,3-4,10-17,20H2,(H,37,40)(H,38,41)(H,43,44). The van der Waals surface area contributed by atoms with E-state index in [1.165, 1.54) is 43.9 Å². The molecule has 1 aliphatic carbocycles. The molecule has 1 saturated carbocycles. The number of rotatable bonds is 10. The van der Waals surface area contributed by atoms with Crippen LogP contribution in [-0.4, -0.2) is 58.9 Å². The number of carboxylic acid groups (broad SMARTS) is 1. The normalized spacial score (nSPS) is 17.3. The van der Waals surface area contributed by atoms with Crippen molar-refractivity contribution in [3.63, 3.8) is 0 Å². The number of hydrogen-bond acceptors (Lipinski definition) is 4. The summed E-state index contributed by atoms with van der Waals surface area (Å²) in [5.74, 6) is -2.45. The van der Waals surface area contributed by atoms with Crippen LogP contribution in [0.4, 0.5) is 0 Å². The molecule has 3 N–H and O–H groups in total. The fraction of sp³-hybridized carbons (Fsp3) is 0.412. The maximum Gasteiger partial charge on any atom is 0.326 e. The molecular formula is C34H37Cl2N3O5. The highest BCUT2D eigenvalue weighted by molar-refractivity contribution is 6.35. The van der Waals surface area contributed by atoms with Gasteiger partial charge in [0.05, 0.1) is 0 Å². The van der Waals surface area contributed by atoms with Crippen molar-refractivity contribution >= 4 is 57.7 Å². The number of hydrogen-bond donors (Lipinski definition) is 3. The van der Waals surface area contributed by atoms with Crippen LogP contribution in [0.2, 0.25) is 10.0 Å². The molecule has 3 aromatic rings. The molecule has 0 radical (unpaired) electrons. The first-order chi connectivity index (χ1) is 21.1. The van der Waals surface area contributed by atoms with E-state index in [-0.39, 0.29) is 40.8 Å². The van der Waals surface area contributed by atoms with Gasteiger partial charge in [-0.1, -0.05) is 78.5 Å². The van der Waals surface area contributed by atoms with Gasteiger partial charge in [0.15, 0.2) is 0 Å². The zero-order chi connectivity index (χ0) is 31.3. The quantitative estimate of drug-likeness (QED) is 0.251. The van der Waals surface area contributed by atoms with Crippen LogP contribution in [0.15, 0.2) is 60.7 Å². The molecule has 44 heavy (non-hydrogen) atoms. The van der Waals surface area contributed by atoms with E-state index < -0.39 is 29.9 Å². The largest absolute Gasteiger partial charge is 0.480 e. The molecule has 3 amide bonds. The summed E-state index contributed by atoms with van der Waals surface area (Å²) < 4.78 is 0. The fourth-order valence-electron chi connectivity index (χ4n) is 6.66. The Morgan fingerprint density at radius 1 is 0.841 bits per heavy atom. The topological polar surface area (TPSA) is 116 Å². The van der Waals surface area contributed by atoms with Crippen LogP contribution in [0.25, 0.3) is 10.8 Å². The van der Waals surface area contributed by atoms with Crippen LogP contribution < -0.4 is 10.6 Å². The van der Waals surface area contributed by atoms with E-state index in [9.17, 15) is 24.3 Å². The second kappa shape index (κ2) is 14.0. The average molecular weight is 639 g/mol. The monoisotopic (exact) mass is 637 g/mol. The zero-order valence-corrected chi connectivity index (χ0v) is 26.0. The van der Waals surface area contributed by atoms with E-state index in [1.54, 1.807) is 4.90 Å². The molecule has 10 heteroatoms. The number of piperidine rings is 1. The smallest absolute Gasteiger partial charge is 0.326 e. The number of aliphatic carboxylic acids is 1. The Kier molecular flexibility index (Phi) is 10.1. The third-order valence-electron chi connectivity index (χ3n) is 9.13. The van der Waals surface area contributed by atoms with Gasteiger partial charge in [-0.2, -0.15) is 0 Å². The minimum Gasteiger partial charge on any atom is -0.480 e. The molecular weight excluding hydrogens is 601 g/mol. The predicted molar refractivity (Wildman–Crippen MR) is 171 cm³/mol. The van der Waals surface area contributed by atoms with Crippen molar-refractivity contribution in [2.24, 2.45) is 5.41 Å². The number of nitrogens with zero attached hydrogens (tertiary/aromatic N) is 1. The number of amides is 3. The van der Waals surface area contributed by atoms with Crippen molar-refractivity contribution in [1.82, 2.24) is 15.5 Å². The van der Waals surface area contributed by atoms with Crippen LogP contribution in [0.5, 0.6) is 0 Å². The summed E-state index contributed by atoms with van der Waals surface area (Å²) in [7, 11) is 0. The number of likely N-dealkylation sites (tertiary alicyclic amines) is 1. The highest BCUT2D eigenvalue weighted by atomic mass is 35.5. The summed E-state index contributed by atoms with van der Waals surface area (Å²) in [5, 5.41) is 17.8. The van der Waals surface area contributed by atoms with Crippen LogP contribution in [-0.2, 0) is 20.8 Å². The molecule has 1 saturated heterocycles. The molecule has 3 aromatic carbocycles. The van der Waals surface area contributed by atoms with Gasteiger partial charge in [0.1, 0.15) is 12.1 Å². The number of nitrogens with one attached hydrogen (secondary N) is 2. The molecule has 232 valence electrons. The Labute approximate surface area is 267 Å². The van der Waals surface area contributed by atoms with Gasteiger partial charge in [-0.25, -0.2) is 4.79 Å². The Bertz CT molecular complexity index is 1520. The molecule has 2 fully saturated rings. The molecule has 8 nitrogen and oxygen atoms in total. The molecule has 2 atom stereocenters. The number of carboxylic acids is 1. The first-order valence-electron chi connectivity index (χ1n) is 15.2. The molecule has 0 bridgehead atoms. The lowest BCUT2D eigenvalue weighted by molar-refractivity contribution is -0.142. The lowest BCUT2D eigenvalue weighted by atomic mass is 9.77. The average Bonchev–Trinajstić information content (AvgIpc) is 3.46. The van der Waals surface area contributed by atoms with Gasteiger partial charge in [0, 0.05) is 41.5 Å². The Balaban J connectivity index is 1.26. The van der Waals surface area contributed by atoms with Gasteiger partial charge >= 0.3 is 5.97 Å². The predicted octanol–water partition coefficient (Wildman–Crippen LogP) is 6.02. The highest BCUT2D eigenvalue weighted by Crippen LogP contribution is 2.46. The number of carbonyl (C=O) groups is 4. The van der Waals surface area contributed by atoms with Gasteiger partial charge in [-0.05, 0) is 72.1 Å².